The molecule has 47 valence electrons. The first-order chi connectivity index (χ1) is 4.43. The number of thiophene rings is 1. The Hall–Kier alpha value is -0.830. The van der Waals surface area contributed by atoms with Crippen molar-refractivity contribution < 1.29 is 4.84 Å². The Kier molecular flexibility index (Phi) is 2.27. The number of hydrogen-bond acceptors (Lipinski definition) is 3. The van der Waals surface area contributed by atoms with Gasteiger partial charge in [0.25, 0.3) is 0 Å². The van der Waals surface area contributed by atoms with Crippen LogP contribution >= 0.6 is 11.3 Å². The van der Waals surface area contributed by atoms with Gasteiger partial charge in [-0.1, -0.05) is 5.16 Å². The topological polar surface area (TPSA) is 21.6 Å². The lowest BCUT2D eigenvalue weighted by Gasteiger charge is -1.86. The third-order valence-corrected chi connectivity index (χ3v) is 1.46. The molecule has 1 rings (SSSR count). The second kappa shape index (κ2) is 3.25. The van der Waals surface area contributed by atoms with Gasteiger partial charge in [-0.05, 0) is 24.4 Å². The summed E-state index contributed by atoms with van der Waals surface area (Å²) in [5.41, 5.74) is 0. The van der Waals surface area contributed by atoms with Crippen LogP contribution in [0.2, 0.25) is 0 Å². The van der Waals surface area contributed by atoms with Crippen LogP contribution in [0.5, 0.6) is 5.06 Å². The molecule has 9 heavy (non-hydrogen) atoms. The molecule has 0 unspecified atom stereocenters. The van der Waals surface area contributed by atoms with E-state index < -0.39 is 0 Å². The first kappa shape index (κ1) is 6.29. The van der Waals surface area contributed by atoms with Gasteiger partial charge in [0.2, 0.25) is 5.06 Å². The third-order valence-electron chi connectivity index (χ3n) is 0.722. The molecule has 1 aromatic heterocycles. The minimum Gasteiger partial charge on any atom is -0.346 e. The Bertz CT molecular complexity index is 181. The Morgan fingerprint density at radius 2 is 2.67 bits per heavy atom. The summed E-state index contributed by atoms with van der Waals surface area (Å²) in [5.74, 6) is 0. The van der Waals surface area contributed by atoms with Gasteiger partial charge in [-0.2, -0.15) is 0 Å². The molecule has 0 saturated heterocycles. The average molecular weight is 140 g/mol. The summed E-state index contributed by atoms with van der Waals surface area (Å²) in [5, 5.41) is 6.20. The summed E-state index contributed by atoms with van der Waals surface area (Å²) in [6.07, 6.45) is 2.52. The molecule has 0 spiro atoms. The highest BCUT2D eigenvalue weighted by molar-refractivity contribution is 7.11. The average Bonchev–Trinajstić information content (AvgIpc) is 2.34. The highest BCUT2D eigenvalue weighted by Gasteiger charge is 1.87. The van der Waals surface area contributed by atoms with Crippen molar-refractivity contribution in [2.75, 3.05) is 0 Å². The molecule has 3 heteroatoms. The van der Waals surface area contributed by atoms with Gasteiger partial charge in [0.05, 0.1) is 0 Å². The van der Waals surface area contributed by atoms with Crippen molar-refractivity contribution in [3.8, 4) is 5.06 Å². The highest BCUT2D eigenvalue weighted by Crippen LogP contribution is 2.17. The van der Waals surface area contributed by atoms with Crippen LogP contribution < -0.4 is 4.84 Å². The van der Waals surface area contributed by atoms with E-state index in [-0.39, 0.29) is 0 Å². The monoisotopic (exact) mass is 140 g/mol. The van der Waals surface area contributed by atoms with Gasteiger partial charge in [-0.25, -0.2) is 0 Å². The lowest BCUT2D eigenvalue weighted by atomic mass is 10.7. The lowest BCUT2D eigenvalue weighted by molar-refractivity contribution is 0.354. The summed E-state index contributed by atoms with van der Waals surface area (Å²) in [6, 6.07) is 3.76. The lowest BCUT2D eigenvalue weighted by Crippen LogP contribution is -1.76. The molecule has 1 aromatic rings. The zero-order valence-corrected chi connectivity index (χ0v) is 5.81. The van der Waals surface area contributed by atoms with Crippen molar-refractivity contribution in [1.29, 1.82) is 0 Å². The van der Waals surface area contributed by atoms with Crippen LogP contribution in [0.1, 0.15) is 6.92 Å². The maximum absolute atomic E-state index is 4.83. The van der Waals surface area contributed by atoms with Crippen LogP contribution in [-0.2, 0) is 0 Å². The van der Waals surface area contributed by atoms with Gasteiger partial charge >= 0.3 is 0 Å². The quantitative estimate of drug-likeness (QED) is 0.455. The Morgan fingerprint density at radius 3 is 3.22 bits per heavy atom. The molecule has 0 bridgehead atoms. The van der Waals surface area contributed by atoms with E-state index in [2.05, 4.69) is 11.4 Å². The van der Waals surface area contributed by atoms with Crippen molar-refractivity contribution in [2.45, 2.75) is 6.92 Å². The fourth-order valence-corrected chi connectivity index (χ4v) is 0.935. The predicted octanol–water partition coefficient (Wildman–Crippen LogP) is 2.01. The van der Waals surface area contributed by atoms with Gasteiger partial charge in [-0.15, -0.1) is 11.3 Å². The molecule has 0 atom stereocenters. The normalized spacial score (nSPS) is 10.3. The van der Waals surface area contributed by atoms with Crippen LogP contribution in [0.25, 0.3) is 0 Å². The molecule has 0 fully saturated rings. The SMILES string of the molecule is C[C]=NOc1cccs1. The van der Waals surface area contributed by atoms with E-state index in [0.717, 1.165) is 5.06 Å². The van der Waals surface area contributed by atoms with Crippen LogP contribution in [0.4, 0.5) is 0 Å². The fraction of sp³-hybridized carbons (Fsp3) is 0.167. The van der Waals surface area contributed by atoms with Gasteiger partial charge in [0.1, 0.15) is 6.21 Å². The first-order valence-corrected chi connectivity index (χ1v) is 3.39. The Balaban J connectivity index is 2.48. The fourth-order valence-electron chi connectivity index (χ4n) is 0.406. The van der Waals surface area contributed by atoms with E-state index >= 15 is 0 Å². The summed E-state index contributed by atoms with van der Waals surface area (Å²) < 4.78 is 0. The number of nitrogens with zero attached hydrogens (tertiary/aromatic N) is 1. The van der Waals surface area contributed by atoms with Crippen molar-refractivity contribution >= 4 is 17.6 Å². The van der Waals surface area contributed by atoms with Gasteiger partial charge < -0.3 is 4.84 Å². The third kappa shape index (κ3) is 1.85. The van der Waals surface area contributed by atoms with Crippen LogP contribution in [-0.4, -0.2) is 6.21 Å². The molecule has 0 aliphatic carbocycles. The van der Waals surface area contributed by atoms with Crippen molar-refractivity contribution in [3.63, 3.8) is 0 Å². The molecule has 0 N–H and O–H groups in total. The van der Waals surface area contributed by atoms with Gasteiger partial charge in [0, 0.05) is 0 Å². The van der Waals surface area contributed by atoms with Crippen molar-refractivity contribution in [1.82, 2.24) is 0 Å². The number of rotatable bonds is 2. The first-order valence-electron chi connectivity index (χ1n) is 2.51. The standard InChI is InChI=1S/C6H6NOS/c1-2-7-8-6-4-3-5-9-6/h3-5H,1H3. The zero-order chi connectivity index (χ0) is 6.53. The van der Waals surface area contributed by atoms with E-state index in [4.69, 9.17) is 4.84 Å². The van der Waals surface area contributed by atoms with Gasteiger partial charge in [-0.3, -0.25) is 0 Å². The van der Waals surface area contributed by atoms with E-state index in [9.17, 15) is 0 Å². The summed E-state index contributed by atoms with van der Waals surface area (Å²) >= 11 is 1.51. The molecule has 0 amide bonds. The van der Waals surface area contributed by atoms with Crippen LogP contribution in [0, 0.1) is 0 Å². The van der Waals surface area contributed by atoms with Crippen LogP contribution in [0.15, 0.2) is 22.7 Å². The second-order valence-electron chi connectivity index (χ2n) is 1.34. The molecule has 1 radical (unpaired) electrons. The molecule has 0 aromatic carbocycles. The summed E-state index contributed by atoms with van der Waals surface area (Å²) in [4.78, 5) is 4.83. The highest BCUT2D eigenvalue weighted by atomic mass is 32.1. The minimum absolute atomic E-state index is 0.796. The maximum atomic E-state index is 4.83. The molecule has 0 saturated carbocycles. The molecular weight excluding hydrogens is 134 g/mol. The van der Waals surface area contributed by atoms with E-state index in [0.29, 0.717) is 0 Å². The largest absolute Gasteiger partial charge is 0.346 e. The van der Waals surface area contributed by atoms with Crippen LogP contribution in [0.3, 0.4) is 0 Å². The van der Waals surface area contributed by atoms with Gasteiger partial charge in [0.15, 0.2) is 0 Å². The minimum atomic E-state index is 0.796. The zero-order valence-electron chi connectivity index (χ0n) is 5.00. The van der Waals surface area contributed by atoms with E-state index in [1.54, 1.807) is 6.92 Å². The molecule has 0 aliphatic heterocycles. The van der Waals surface area contributed by atoms with Crippen molar-refractivity contribution in [3.05, 3.63) is 17.5 Å². The predicted molar refractivity (Wildman–Crippen MR) is 38.1 cm³/mol. The Labute approximate surface area is 57.8 Å². The Morgan fingerprint density at radius 1 is 1.78 bits per heavy atom. The summed E-state index contributed by atoms with van der Waals surface area (Å²) in [7, 11) is 0. The maximum Gasteiger partial charge on any atom is 0.211 e. The molecule has 2 nitrogen and oxygen atoms in total. The van der Waals surface area contributed by atoms with Crippen molar-refractivity contribution in [2.24, 2.45) is 5.16 Å². The second-order valence-corrected chi connectivity index (χ2v) is 2.25. The summed E-state index contributed by atoms with van der Waals surface area (Å²) in [6.45, 7) is 1.69. The smallest absolute Gasteiger partial charge is 0.211 e. The van der Waals surface area contributed by atoms with E-state index in [1.807, 2.05) is 17.5 Å². The van der Waals surface area contributed by atoms with E-state index in [1.165, 1.54) is 11.3 Å². The number of hydrogen-bond donors (Lipinski definition) is 0. The molecule has 0 aliphatic rings. The molecule has 1 heterocycles. The molecular formula is C6H6NOS.